The molecule has 0 bridgehead atoms. The molecule has 0 saturated carbocycles. The molecule has 20 heavy (non-hydrogen) atoms. The molecule has 1 N–H and O–H groups in total. The molecule has 1 fully saturated rings. The number of amides is 2. The number of aryl methyl sites for hydroxylation is 2. The first-order valence-corrected chi connectivity index (χ1v) is 7.95. The molecule has 0 unspecified atom stereocenters. The summed E-state index contributed by atoms with van der Waals surface area (Å²) in [5.41, 5.74) is 1.31. The number of nitrogens with zero attached hydrogens (tertiary/aromatic N) is 3. The second kappa shape index (κ2) is 6.78. The number of hydrogen-bond donors (Lipinski definition) is 1. The lowest BCUT2D eigenvalue weighted by Gasteiger charge is -2.26. The summed E-state index contributed by atoms with van der Waals surface area (Å²) in [5, 5.41) is 6.91. The second-order valence-corrected chi connectivity index (χ2v) is 5.89. The van der Waals surface area contributed by atoms with E-state index in [1.807, 2.05) is 25.6 Å². The molecule has 2 amide bonds. The SMILES string of the molecule is CCn1nc(C)cc1C(=O)NCC(=O)N1CCSCC1. The van der Waals surface area contributed by atoms with Crippen LogP contribution in [-0.2, 0) is 11.3 Å². The van der Waals surface area contributed by atoms with E-state index in [1.54, 1.807) is 15.6 Å². The number of carbonyl (C=O) groups excluding carboxylic acids is 2. The monoisotopic (exact) mass is 296 g/mol. The van der Waals surface area contributed by atoms with Crippen LogP contribution in [0.5, 0.6) is 0 Å². The number of nitrogens with one attached hydrogen (secondary N) is 1. The van der Waals surface area contributed by atoms with Gasteiger partial charge in [-0.1, -0.05) is 0 Å². The zero-order valence-electron chi connectivity index (χ0n) is 11.9. The van der Waals surface area contributed by atoms with Crippen molar-refractivity contribution in [2.24, 2.45) is 0 Å². The lowest BCUT2D eigenvalue weighted by atomic mass is 10.3. The number of aromatic nitrogens is 2. The highest BCUT2D eigenvalue weighted by atomic mass is 32.2. The highest BCUT2D eigenvalue weighted by molar-refractivity contribution is 7.99. The van der Waals surface area contributed by atoms with E-state index in [0.29, 0.717) is 12.2 Å². The standard InChI is InChI=1S/C13H20N4O2S/c1-3-17-11(8-10(2)15-17)13(19)14-9-12(18)16-4-6-20-7-5-16/h8H,3-7,9H2,1-2H3,(H,14,19). The lowest BCUT2D eigenvalue weighted by Crippen LogP contribution is -2.44. The smallest absolute Gasteiger partial charge is 0.269 e. The molecule has 1 saturated heterocycles. The van der Waals surface area contributed by atoms with E-state index >= 15 is 0 Å². The van der Waals surface area contributed by atoms with Gasteiger partial charge in [-0.2, -0.15) is 16.9 Å². The summed E-state index contributed by atoms with van der Waals surface area (Å²) in [6.07, 6.45) is 0. The van der Waals surface area contributed by atoms with Gasteiger partial charge in [-0.3, -0.25) is 14.3 Å². The number of thioether (sulfide) groups is 1. The molecule has 6 nitrogen and oxygen atoms in total. The Morgan fingerprint density at radius 3 is 2.75 bits per heavy atom. The van der Waals surface area contributed by atoms with Crippen molar-refractivity contribution in [3.63, 3.8) is 0 Å². The summed E-state index contributed by atoms with van der Waals surface area (Å²) in [6.45, 7) is 6.00. The topological polar surface area (TPSA) is 67.2 Å². The Hall–Kier alpha value is -1.50. The van der Waals surface area contributed by atoms with E-state index in [0.717, 1.165) is 30.3 Å². The average Bonchev–Trinajstić information content (AvgIpc) is 2.86. The maximum absolute atomic E-state index is 12.1. The fraction of sp³-hybridized carbons (Fsp3) is 0.615. The number of hydrogen-bond acceptors (Lipinski definition) is 4. The molecular formula is C13H20N4O2S. The molecule has 0 aromatic carbocycles. The molecule has 0 atom stereocenters. The minimum absolute atomic E-state index is 0.0158. The van der Waals surface area contributed by atoms with E-state index in [9.17, 15) is 9.59 Å². The van der Waals surface area contributed by atoms with Gasteiger partial charge in [0.25, 0.3) is 5.91 Å². The van der Waals surface area contributed by atoms with Crippen LogP contribution in [0.3, 0.4) is 0 Å². The summed E-state index contributed by atoms with van der Waals surface area (Å²) in [5.74, 6) is 1.69. The molecule has 1 aliphatic rings. The van der Waals surface area contributed by atoms with Crippen LogP contribution in [0.4, 0.5) is 0 Å². The van der Waals surface area contributed by atoms with Crippen molar-refractivity contribution < 1.29 is 9.59 Å². The predicted molar refractivity (Wildman–Crippen MR) is 78.9 cm³/mol. The zero-order valence-corrected chi connectivity index (χ0v) is 12.7. The summed E-state index contributed by atoms with van der Waals surface area (Å²) < 4.78 is 1.65. The first-order chi connectivity index (χ1) is 9.61. The van der Waals surface area contributed by atoms with Gasteiger partial charge in [0.05, 0.1) is 12.2 Å². The van der Waals surface area contributed by atoms with Gasteiger partial charge in [-0.05, 0) is 19.9 Å². The molecule has 1 aliphatic heterocycles. The molecule has 1 aromatic rings. The predicted octanol–water partition coefficient (Wildman–Crippen LogP) is 0.517. The third-order valence-electron chi connectivity index (χ3n) is 3.20. The van der Waals surface area contributed by atoms with Crippen molar-refractivity contribution in [3.05, 3.63) is 17.5 Å². The van der Waals surface area contributed by atoms with Crippen molar-refractivity contribution in [1.82, 2.24) is 20.0 Å². The molecule has 0 aliphatic carbocycles. The van der Waals surface area contributed by atoms with Gasteiger partial charge < -0.3 is 10.2 Å². The van der Waals surface area contributed by atoms with Crippen LogP contribution in [-0.4, -0.2) is 57.6 Å². The molecule has 2 rings (SSSR count). The van der Waals surface area contributed by atoms with Gasteiger partial charge in [0.2, 0.25) is 5.91 Å². The van der Waals surface area contributed by atoms with E-state index in [-0.39, 0.29) is 18.4 Å². The highest BCUT2D eigenvalue weighted by Crippen LogP contribution is 2.09. The van der Waals surface area contributed by atoms with Gasteiger partial charge in [0.1, 0.15) is 5.69 Å². The van der Waals surface area contributed by atoms with Crippen LogP contribution in [0.25, 0.3) is 0 Å². The summed E-state index contributed by atoms with van der Waals surface area (Å²) in [7, 11) is 0. The number of carbonyl (C=O) groups is 2. The minimum Gasteiger partial charge on any atom is -0.342 e. The normalized spacial score (nSPS) is 15.2. The molecular weight excluding hydrogens is 276 g/mol. The Balaban J connectivity index is 1.89. The van der Waals surface area contributed by atoms with Gasteiger partial charge >= 0.3 is 0 Å². The van der Waals surface area contributed by atoms with Gasteiger partial charge in [0, 0.05) is 31.1 Å². The fourth-order valence-electron chi connectivity index (χ4n) is 2.14. The molecule has 2 heterocycles. The molecule has 0 spiro atoms. The number of rotatable bonds is 4. The third kappa shape index (κ3) is 3.53. The van der Waals surface area contributed by atoms with Crippen LogP contribution in [0.15, 0.2) is 6.07 Å². The average molecular weight is 296 g/mol. The van der Waals surface area contributed by atoms with Crippen LogP contribution < -0.4 is 5.32 Å². The Morgan fingerprint density at radius 2 is 2.10 bits per heavy atom. The lowest BCUT2D eigenvalue weighted by molar-refractivity contribution is -0.129. The van der Waals surface area contributed by atoms with Crippen LogP contribution in [0, 0.1) is 6.92 Å². The van der Waals surface area contributed by atoms with Crippen molar-refractivity contribution in [2.45, 2.75) is 20.4 Å². The van der Waals surface area contributed by atoms with E-state index in [4.69, 9.17) is 0 Å². The van der Waals surface area contributed by atoms with Crippen molar-refractivity contribution in [2.75, 3.05) is 31.1 Å². The summed E-state index contributed by atoms with van der Waals surface area (Å²) >= 11 is 1.85. The minimum atomic E-state index is -0.243. The van der Waals surface area contributed by atoms with Gasteiger partial charge in [-0.25, -0.2) is 0 Å². The van der Waals surface area contributed by atoms with Crippen LogP contribution >= 0.6 is 11.8 Å². The molecule has 1 aromatic heterocycles. The first-order valence-electron chi connectivity index (χ1n) is 6.80. The van der Waals surface area contributed by atoms with Crippen molar-refractivity contribution >= 4 is 23.6 Å². The maximum atomic E-state index is 12.1. The van der Waals surface area contributed by atoms with Crippen LogP contribution in [0.1, 0.15) is 23.1 Å². The van der Waals surface area contributed by atoms with Crippen LogP contribution in [0.2, 0.25) is 0 Å². The van der Waals surface area contributed by atoms with E-state index in [2.05, 4.69) is 10.4 Å². The molecule has 0 radical (unpaired) electrons. The molecule has 110 valence electrons. The van der Waals surface area contributed by atoms with E-state index in [1.165, 1.54) is 0 Å². The maximum Gasteiger partial charge on any atom is 0.269 e. The largest absolute Gasteiger partial charge is 0.342 e. The third-order valence-corrected chi connectivity index (χ3v) is 4.14. The summed E-state index contributed by atoms with van der Waals surface area (Å²) in [4.78, 5) is 25.9. The van der Waals surface area contributed by atoms with Crippen molar-refractivity contribution in [3.8, 4) is 0 Å². The van der Waals surface area contributed by atoms with Gasteiger partial charge in [0.15, 0.2) is 0 Å². The van der Waals surface area contributed by atoms with Crippen molar-refractivity contribution in [1.29, 1.82) is 0 Å². The Bertz CT molecular complexity index is 495. The second-order valence-electron chi connectivity index (χ2n) is 4.66. The van der Waals surface area contributed by atoms with E-state index < -0.39 is 0 Å². The highest BCUT2D eigenvalue weighted by Gasteiger charge is 2.19. The quantitative estimate of drug-likeness (QED) is 0.879. The Labute approximate surface area is 122 Å². The Kier molecular flexibility index (Phi) is 5.05. The van der Waals surface area contributed by atoms with Gasteiger partial charge in [-0.15, -0.1) is 0 Å². The molecule has 7 heteroatoms. The Morgan fingerprint density at radius 1 is 1.40 bits per heavy atom. The fourth-order valence-corrected chi connectivity index (χ4v) is 3.04. The zero-order chi connectivity index (χ0) is 14.5. The first kappa shape index (κ1) is 14.9. The summed E-state index contributed by atoms with van der Waals surface area (Å²) in [6, 6.07) is 1.74.